The summed E-state index contributed by atoms with van der Waals surface area (Å²) in [4.78, 5) is 4.10. The Labute approximate surface area is 143 Å². The maximum absolute atomic E-state index is 14.4. The maximum atomic E-state index is 14.4. The van der Waals surface area contributed by atoms with Crippen LogP contribution in [0.4, 0.5) is 30.7 Å². The number of pyridine rings is 1. The number of hydrogen-bond acceptors (Lipinski definition) is 1. The Morgan fingerprint density at radius 2 is 1.27 bits per heavy atom. The largest absolute Gasteiger partial charge is 0.460 e. The van der Waals surface area contributed by atoms with Gasteiger partial charge in [-0.3, -0.25) is 0 Å². The van der Waals surface area contributed by atoms with Crippen molar-refractivity contribution in [2.24, 2.45) is 0 Å². The fraction of sp³-hybridized carbons (Fsp3) is 0.167. The summed E-state index contributed by atoms with van der Waals surface area (Å²) in [7, 11) is 0. The van der Waals surface area contributed by atoms with Crippen LogP contribution in [0, 0.1) is 0 Å². The number of halogens is 7. The SMILES string of the molecule is FC(F)(F)C(F)(F)C(F)(F)c1cc(-c2ccccc2)nc2ccccc12. The van der Waals surface area contributed by atoms with Gasteiger partial charge in [0, 0.05) is 16.5 Å². The molecular weight excluding hydrogens is 363 g/mol. The average molecular weight is 373 g/mol. The lowest BCUT2D eigenvalue weighted by Crippen LogP contribution is -2.50. The molecule has 1 nitrogen and oxygen atoms in total. The number of nitrogens with zero attached hydrogens (tertiary/aromatic N) is 1. The molecule has 0 aliphatic carbocycles. The summed E-state index contributed by atoms with van der Waals surface area (Å²) < 4.78 is 93.6. The molecule has 0 fully saturated rings. The molecule has 3 aromatic rings. The number of benzene rings is 2. The molecule has 0 atom stereocenters. The Morgan fingerprint density at radius 3 is 1.88 bits per heavy atom. The van der Waals surface area contributed by atoms with Crippen LogP contribution in [-0.4, -0.2) is 17.1 Å². The van der Waals surface area contributed by atoms with E-state index < -0.39 is 29.0 Å². The van der Waals surface area contributed by atoms with E-state index in [1.165, 1.54) is 30.3 Å². The molecule has 1 aromatic heterocycles. The van der Waals surface area contributed by atoms with E-state index in [0.717, 1.165) is 6.07 Å². The van der Waals surface area contributed by atoms with Crippen LogP contribution in [0.25, 0.3) is 22.2 Å². The fourth-order valence-corrected chi connectivity index (χ4v) is 2.54. The highest BCUT2D eigenvalue weighted by molar-refractivity contribution is 5.86. The molecular formula is C18H10F7N. The number of rotatable bonds is 3. The van der Waals surface area contributed by atoms with Crippen molar-refractivity contribution in [3.63, 3.8) is 0 Å². The molecule has 0 N–H and O–H groups in total. The van der Waals surface area contributed by atoms with Gasteiger partial charge in [0.15, 0.2) is 0 Å². The van der Waals surface area contributed by atoms with Crippen LogP contribution < -0.4 is 0 Å². The van der Waals surface area contributed by atoms with Gasteiger partial charge in [-0.2, -0.15) is 30.7 Å². The van der Waals surface area contributed by atoms with E-state index in [4.69, 9.17) is 0 Å². The molecule has 1 heterocycles. The molecule has 26 heavy (non-hydrogen) atoms. The molecule has 3 rings (SSSR count). The van der Waals surface area contributed by atoms with Gasteiger partial charge in [-0.25, -0.2) is 4.98 Å². The molecule has 136 valence electrons. The number of para-hydroxylation sites is 1. The van der Waals surface area contributed by atoms with Gasteiger partial charge in [-0.05, 0) is 12.1 Å². The zero-order valence-electron chi connectivity index (χ0n) is 12.9. The van der Waals surface area contributed by atoms with Gasteiger partial charge in [-0.15, -0.1) is 0 Å². The summed E-state index contributed by atoms with van der Waals surface area (Å²) in [6.45, 7) is 0. The average Bonchev–Trinajstić information content (AvgIpc) is 2.60. The predicted octanol–water partition coefficient (Wildman–Crippen LogP) is 6.19. The standard InChI is InChI=1S/C18H10F7N/c19-16(20,17(21,22)18(23,24)25)13-10-15(11-6-2-1-3-7-11)26-14-9-5-4-8-12(13)14/h1-10H. The first-order valence-corrected chi connectivity index (χ1v) is 7.34. The van der Waals surface area contributed by atoms with E-state index in [9.17, 15) is 30.7 Å². The minimum Gasteiger partial charge on any atom is -0.248 e. The summed E-state index contributed by atoms with van der Waals surface area (Å²) in [5, 5.41) is -0.471. The lowest BCUT2D eigenvalue weighted by molar-refractivity contribution is -0.359. The summed E-state index contributed by atoms with van der Waals surface area (Å²) in [5.41, 5.74) is -1.35. The van der Waals surface area contributed by atoms with Gasteiger partial charge in [0.2, 0.25) is 0 Å². The van der Waals surface area contributed by atoms with Crippen molar-refractivity contribution in [2.75, 3.05) is 0 Å². The quantitative estimate of drug-likeness (QED) is 0.499. The third-order valence-corrected chi connectivity index (χ3v) is 3.87. The van der Waals surface area contributed by atoms with Crippen LogP contribution >= 0.6 is 0 Å². The molecule has 0 bridgehead atoms. The van der Waals surface area contributed by atoms with Crippen LogP contribution in [0.15, 0.2) is 60.7 Å². The zero-order chi connectivity index (χ0) is 19.2. The molecule has 8 heteroatoms. The maximum Gasteiger partial charge on any atom is 0.460 e. The van der Waals surface area contributed by atoms with Crippen molar-refractivity contribution < 1.29 is 30.7 Å². The van der Waals surface area contributed by atoms with Gasteiger partial charge in [0.25, 0.3) is 0 Å². The van der Waals surface area contributed by atoms with Gasteiger partial charge in [-0.1, -0.05) is 48.5 Å². The van der Waals surface area contributed by atoms with Crippen molar-refractivity contribution in [1.29, 1.82) is 0 Å². The van der Waals surface area contributed by atoms with E-state index in [1.807, 2.05) is 0 Å². The Hall–Kier alpha value is -2.64. The van der Waals surface area contributed by atoms with Crippen LogP contribution in [0.3, 0.4) is 0 Å². The summed E-state index contributed by atoms with van der Waals surface area (Å²) in [6, 6.07) is 13.3. The van der Waals surface area contributed by atoms with Crippen molar-refractivity contribution >= 4 is 10.9 Å². The van der Waals surface area contributed by atoms with Gasteiger partial charge < -0.3 is 0 Å². The lowest BCUT2D eigenvalue weighted by atomic mass is 9.95. The number of aromatic nitrogens is 1. The molecule has 0 saturated heterocycles. The zero-order valence-corrected chi connectivity index (χ0v) is 12.9. The van der Waals surface area contributed by atoms with E-state index in [-0.39, 0.29) is 11.2 Å². The molecule has 0 amide bonds. The molecule has 0 aliphatic heterocycles. The van der Waals surface area contributed by atoms with Gasteiger partial charge >= 0.3 is 18.0 Å². The summed E-state index contributed by atoms with van der Waals surface area (Å²) in [6.07, 6.45) is -6.41. The molecule has 0 unspecified atom stereocenters. The topological polar surface area (TPSA) is 12.9 Å². The third kappa shape index (κ3) is 2.79. The van der Waals surface area contributed by atoms with Crippen LogP contribution in [-0.2, 0) is 5.92 Å². The summed E-state index contributed by atoms with van der Waals surface area (Å²) in [5.74, 6) is -11.7. The second kappa shape index (κ2) is 5.96. The highest BCUT2D eigenvalue weighted by Crippen LogP contribution is 2.53. The Balaban J connectivity index is 2.31. The highest BCUT2D eigenvalue weighted by Gasteiger charge is 2.73. The third-order valence-electron chi connectivity index (χ3n) is 3.87. The molecule has 0 saturated carbocycles. The first kappa shape index (κ1) is 18.2. The van der Waals surface area contributed by atoms with Crippen molar-refractivity contribution in [2.45, 2.75) is 18.0 Å². The van der Waals surface area contributed by atoms with E-state index in [2.05, 4.69) is 4.98 Å². The fourth-order valence-electron chi connectivity index (χ4n) is 2.54. The molecule has 0 aliphatic rings. The Kier molecular flexibility index (Phi) is 4.17. The Morgan fingerprint density at radius 1 is 0.692 bits per heavy atom. The number of hydrogen-bond donors (Lipinski definition) is 0. The number of alkyl halides is 7. The normalized spacial score (nSPS) is 13.2. The van der Waals surface area contributed by atoms with Gasteiger partial charge in [0.05, 0.1) is 11.2 Å². The van der Waals surface area contributed by atoms with Crippen molar-refractivity contribution in [3.8, 4) is 11.3 Å². The van der Waals surface area contributed by atoms with E-state index in [1.54, 1.807) is 18.2 Å². The van der Waals surface area contributed by atoms with Crippen LogP contribution in [0.5, 0.6) is 0 Å². The summed E-state index contributed by atoms with van der Waals surface area (Å²) >= 11 is 0. The minimum atomic E-state index is -6.41. The second-order valence-corrected chi connectivity index (χ2v) is 5.58. The van der Waals surface area contributed by atoms with Crippen LogP contribution in [0.1, 0.15) is 5.56 Å². The smallest absolute Gasteiger partial charge is 0.248 e. The second-order valence-electron chi connectivity index (χ2n) is 5.58. The molecule has 0 spiro atoms. The van der Waals surface area contributed by atoms with E-state index >= 15 is 0 Å². The first-order valence-electron chi connectivity index (χ1n) is 7.34. The van der Waals surface area contributed by atoms with Crippen LogP contribution in [0.2, 0.25) is 0 Å². The highest BCUT2D eigenvalue weighted by atomic mass is 19.4. The first-order chi connectivity index (χ1) is 12.1. The van der Waals surface area contributed by atoms with Crippen molar-refractivity contribution in [1.82, 2.24) is 4.98 Å². The predicted molar refractivity (Wildman–Crippen MR) is 82.1 cm³/mol. The molecule has 0 radical (unpaired) electrons. The minimum absolute atomic E-state index is 0.110. The van der Waals surface area contributed by atoms with Crippen molar-refractivity contribution in [3.05, 3.63) is 66.2 Å². The Bertz CT molecular complexity index is 933. The lowest BCUT2D eigenvalue weighted by Gasteiger charge is -2.29. The molecule has 2 aromatic carbocycles. The monoisotopic (exact) mass is 373 g/mol. The number of fused-ring (bicyclic) bond motifs is 1. The van der Waals surface area contributed by atoms with Gasteiger partial charge in [0.1, 0.15) is 0 Å². The van der Waals surface area contributed by atoms with E-state index in [0.29, 0.717) is 11.6 Å².